The molecule has 0 bridgehead atoms. The van der Waals surface area contributed by atoms with Crippen LogP contribution in [0.2, 0.25) is 0 Å². The molecule has 0 N–H and O–H groups in total. The second-order valence-corrected chi connectivity index (χ2v) is 6.79. The number of nitrogens with zero attached hydrogens (tertiary/aromatic N) is 5. The Morgan fingerprint density at radius 2 is 1.74 bits per heavy atom. The van der Waals surface area contributed by atoms with Gasteiger partial charge in [0.2, 0.25) is 0 Å². The first-order valence-corrected chi connectivity index (χ1v) is 9.41. The van der Waals surface area contributed by atoms with E-state index in [1.54, 1.807) is 36.5 Å². The van der Waals surface area contributed by atoms with Gasteiger partial charge in [0, 0.05) is 45.5 Å². The van der Waals surface area contributed by atoms with Crippen LogP contribution in [-0.4, -0.2) is 60.5 Å². The molecule has 2 heterocycles. The summed E-state index contributed by atoms with van der Waals surface area (Å²) in [4.78, 5) is 27.2. The smallest absolute Gasteiger partial charge is 0.273 e. The summed E-state index contributed by atoms with van der Waals surface area (Å²) in [7, 11) is 1.79. The third-order valence-electron chi connectivity index (χ3n) is 4.85. The van der Waals surface area contributed by atoms with Gasteiger partial charge in [0.15, 0.2) is 0 Å². The van der Waals surface area contributed by atoms with Crippen molar-refractivity contribution in [2.24, 2.45) is 0 Å². The van der Waals surface area contributed by atoms with Crippen molar-refractivity contribution in [3.63, 3.8) is 0 Å². The Bertz CT molecular complexity index is 742. The standard InChI is InChI=1S/C20H26FN5O/c1-3-4-9-24(2)20(27)18-14-23-19(15-22-18)26-12-10-25(11-13-26)17-7-5-16(21)6-8-17/h5-8,14-15H,3-4,9-13H2,1-2H3. The number of carbonyl (C=O) groups is 1. The largest absolute Gasteiger partial charge is 0.368 e. The van der Waals surface area contributed by atoms with E-state index < -0.39 is 0 Å². The molecule has 1 aromatic carbocycles. The lowest BCUT2D eigenvalue weighted by Gasteiger charge is -2.36. The Kier molecular flexibility index (Phi) is 6.21. The Hall–Kier alpha value is -2.70. The topological polar surface area (TPSA) is 52.6 Å². The molecule has 2 aromatic rings. The highest BCUT2D eigenvalue weighted by atomic mass is 19.1. The summed E-state index contributed by atoms with van der Waals surface area (Å²) >= 11 is 0. The van der Waals surface area contributed by atoms with Crippen LogP contribution in [0, 0.1) is 5.82 Å². The lowest BCUT2D eigenvalue weighted by molar-refractivity contribution is 0.0787. The van der Waals surface area contributed by atoms with Crippen LogP contribution in [0.4, 0.5) is 15.9 Å². The number of carbonyl (C=O) groups excluding carboxylic acids is 1. The van der Waals surface area contributed by atoms with Crippen molar-refractivity contribution in [3.8, 4) is 0 Å². The van der Waals surface area contributed by atoms with Crippen molar-refractivity contribution < 1.29 is 9.18 Å². The van der Waals surface area contributed by atoms with E-state index >= 15 is 0 Å². The van der Waals surface area contributed by atoms with Crippen molar-refractivity contribution >= 4 is 17.4 Å². The van der Waals surface area contributed by atoms with Gasteiger partial charge in [-0.05, 0) is 30.7 Å². The van der Waals surface area contributed by atoms with Gasteiger partial charge in [0.1, 0.15) is 17.3 Å². The zero-order valence-electron chi connectivity index (χ0n) is 15.9. The summed E-state index contributed by atoms with van der Waals surface area (Å²) in [6.07, 6.45) is 5.26. The van der Waals surface area contributed by atoms with Crippen LogP contribution in [0.3, 0.4) is 0 Å². The van der Waals surface area contributed by atoms with E-state index in [-0.39, 0.29) is 11.7 Å². The molecule has 1 amide bonds. The number of amides is 1. The fourth-order valence-corrected chi connectivity index (χ4v) is 3.13. The molecular weight excluding hydrogens is 345 g/mol. The monoisotopic (exact) mass is 371 g/mol. The molecule has 1 fully saturated rings. The first-order chi connectivity index (χ1) is 13.1. The molecule has 0 atom stereocenters. The summed E-state index contributed by atoms with van der Waals surface area (Å²) in [5.74, 6) is 0.466. The predicted octanol–water partition coefficient (Wildman–Crippen LogP) is 2.81. The second kappa shape index (κ2) is 8.79. The molecule has 1 saturated heterocycles. The third kappa shape index (κ3) is 4.72. The SMILES string of the molecule is CCCCN(C)C(=O)c1cnc(N2CCN(c3ccc(F)cc3)CC2)cn1. The van der Waals surface area contributed by atoms with Crippen LogP contribution < -0.4 is 9.80 Å². The first kappa shape index (κ1) is 19.1. The Morgan fingerprint density at radius 3 is 2.33 bits per heavy atom. The Labute approximate surface area is 159 Å². The number of piperazine rings is 1. The number of halogens is 1. The van der Waals surface area contributed by atoms with Crippen LogP contribution in [0.15, 0.2) is 36.7 Å². The van der Waals surface area contributed by atoms with Gasteiger partial charge in [-0.1, -0.05) is 13.3 Å². The fraction of sp³-hybridized carbons (Fsp3) is 0.450. The average Bonchev–Trinajstić information content (AvgIpc) is 2.72. The van der Waals surface area contributed by atoms with Crippen molar-refractivity contribution in [1.82, 2.24) is 14.9 Å². The Balaban J connectivity index is 1.57. The summed E-state index contributed by atoms with van der Waals surface area (Å²) < 4.78 is 13.1. The van der Waals surface area contributed by atoms with Crippen molar-refractivity contribution in [2.45, 2.75) is 19.8 Å². The van der Waals surface area contributed by atoms with E-state index in [1.807, 2.05) is 0 Å². The number of unbranched alkanes of at least 4 members (excludes halogenated alkanes) is 1. The third-order valence-corrected chi connectivity index (χ3v) is 4.85. The minimum Gasteiger partial charge on any atom is -0.368 e. The minimum absolute atomic E-state index is 0.0939. The molecule has 3 rings (SSSR count). The number of benzene rings is 1. The van der Waals surface area contributed by atoms with Gasteiger partial charge < -0.3 is 14.7 Å². The van der Waals surface area contributed by atoms with Gasteiger partial charge in [-0.25, -0.2) is 14.4 Å². The Morgan fingerprint density at radius 1 is 1.07 bits per heavy atom. The molecule has 0 unspecified atom stereocenters. The van der Waals surface area contributed by atoms with E-state index in [2.05, 4.69) is 26.7 Å². The summed E-state index contributed by atoms with van der Waals surface area (Å²) in [5.41, 5.74) is 1.40. The molecule has 0 saturated carbocycles. The normalized spacial score (nSPS) is 14.3. The van der Waals surface area contributed by atoms with Crippen LogP contribution in [0.1, 0.15) is 30.3 Å². The van der Waals surface area contributed by atoms with Crippen molar-refractivity contribution in [1.29, 1.82) is 0 Å². The molecule has 7 heteroatoms. The van der Waals surface area contributed by atoms with Gasteiger partial charge in [-0.3, -0.25) is 4.79 Å². The van der Waals surface area contributed by atoms with Crippen molar-refractivity contribution in [2.75, 3.05) is 49.6 Å². The maximum Gasteiger partial charge on any atom is 0.273 e. The van der Waals surface area contributed by atoms with Gasteiger partial charge in [-0.2, -0.15) is 0 Å². The van der Waals surface area contributed by atoms with E-state index in [0.29, 0.717) is 5.69 Å². The lowest BCUT2D eigenvalue weighted by atomic mass is 10.2. The van der Waals surface area contributed by atoms with Crippen molar-refractivity contribution in [3.05, 3.63) is 48.2 Å². The number of aromatic nitrogens is 2. The molecule has 6 nitrogen and oxygen atoms in total. The van der Waals surface area contributed by atoms with Gasteiger partial charge in [0.25, 0.3) is 5.91 Å². The van der Waals surface area contributed by atoms with E-state index in [0.717, 1.165) is 57.1 Å². The first-order valence-electron chi connectivity index (χ1n) is 9.41. The van der Waals surface area contributed by atoms with Gasteiger partial charge in [0.05, 0.1) is 12.4 Å². The fourth-order valence-electron chi connectivity index (χ4n) is 3.13. The van der Waals surface area contributed by atoms with Crippen LogP contribution in [-0.2, 0) is 0 Å². The summed E-state index contributed by atoms with van der Waals surface area (Å²) in [5, 5.41) is 0. The number of hydrogen-bond donors (Lipinski definition) is 0. The highest BCUT2D eigenvalue weighted by Gasteiger charge is 2.20. The van der Waals surface area contributed by atoms with E-state index in [1.165, 1.54) is 12.1 Å². The minimum atomic E-state index is -0.220. The van der Waals surface area contributed by atoms with E-state index in [4.69, 9.17) is 0 Å². The molecule has 0 aliphatic carbocycles. The molecule has 1 aromatic heterocycles. The number of hydrogen-bond acceptors (Lipinski definition) is 5. The zero-order valence-corrected chi connectivity index (χ0v) is 15.9. The van der Waals surface area contributed by atoms with Crippen LogP contribution >= 0.6 is 0 Å². The number of rotatable bonds is 6. The van der Waals surface area contributed by atoms with Crippen LogP contribution in [0.25, 0.3) is 0 Å². The highest BCUT2D eigenvalue weighted by Crippen LogP contribution is 2.19. The molecule has 27 heavy (non-hydrogen) atoms. The van der Waals surface area contributed by atoms with Gasteiger partial charge in [-0.15, -0.1) is 0 Å². The summed E-state index contributed by atoms with van der Waals surface area (Å²) in [6, 6.07) is 6.58. The molecule has 1 aliphatic rings. The summed E-state index contributed by atoms with van der Waals surface area (Å²) in [6.45, 7) is 6.08. The second-order valence-electron chi connectivity index (χ2n) is 6.79. The lowest BCUT2D eigenvalue weighted by Crippen LogP contribution is -2.46. The highest BCUT2D eigenvalue weighted by molar-refractivity contribution is 5.91. The molecular formula is C20H26FN5O. The average molecular weight is 371 g/mol. The molecule has 0 radical (unpaired) electrons. The number of anilines is 2. The van der Waals surface area contributed by atoms with E-state index in [9.17, 15) is 9.18 Å². The molecule has 144 valence electrons. The molecule has 0 spiro atoms. The quantitative estimate of drug-likeness (QED) is 0.782. The predicted molar refractivity (Wildman–Crippen MR) is 105 cm³/mol. The van der Waals surface area contributed by atoms with Gasteiger partial charge >= 0.3 is 0 Å². The van der Waals surface area contributed by atoms with Crippen LogP contribution in [0.5, 0.6) is 0 Å². The maximum absolute atomic E-state index is 13.1. The zero-order chi connectivity index (χ0) is 19.2. The maximum atomic E-state index is 13.1. The molecule has 1 aliphatic heterocycles.